The molecule has 0 spiro atoms. The predicted molar refractivity (Wildman–Crippen MR) is 258 cm³/mol. The van der Waals surface area contributed by atoms with Crippen LogP contribution >= 0.6 is 7.60 Å². The standard InChI is InChI=1S/C51H86N3O9P/c1-46(2,3)37-53(42(47(4,5)6)30-29-39-25-21-19-22-26-39)33-31-52(38-64(58,62-50(13,14)15)63-51(16,17)18)32-34-54(45(57)61-49(10,11)12)41(44(56)60-48(7,8)9)35-43(55)59-36-40-27-23-20-24-28-40/h19-28,41-42H,29-38H2,1-18H3. The van der Waals surface area contributed by atoms with Gasteiger partial charge in [-0.25, -0.2) is 9.59 Å². The number of benzene rings is 2. The van der Waals surface area contributed by atoms with E-state index in [9.17, 15) is 14.4 Å². The Morgan fingerprint density at radius 1 is 0.609 bits per heavy atom. The van der Waals surface area contributed by atoms with Crippen LogP contribution in [0.25, 0.3) is 0 Å². The molecule has 0 saturated heterocycles. The summed E-state index contributed by atoms with van der Waals surface area (Å²) in [5, 5.41) is 0. The summed E-state index contributed by atoms with van der Waals surface area (Å²) in [7, 11) is -3.87. The molecule has 0 heterocycles. The maximum Gasteiger partial charge on any atom is 0.411 e. The van der Waals surface area contributed by atoms with E-state index < -0.39 is 60.5 Å². The van der Waals surface area contributed by atoms with Gasteiger partial charge in [0.25, 0.3) is 0 Å². The molecule has 2 unspecified atom stereocenters. The SMILES string of the molecule is CC(C)(C)CN(CCN(CCN(C(=O)OC(C)(C)C)C(CC(=O)OCc1ccccc1)C(=O)OC(C)(C)C)CP(=O)(OC(C)(C)C)OC(C)(C)C)C(CCc1ccccc1)C(C)(C)C. The van der Waals surface area contributed by atoms with Crippen LogP contribution in [-0.4, -0.2) is 106 Å². The normalized spacial score (nSPS) is 14.3. The zero-order valence-electron chi connectivity index (χ0n) is 43.0. The van der Waals surface area contributed by atoms with Gasteiger partial charge in [0, 0.05) is 38.8 Å². The molecule has 2 atom stereocenters. The van der Waals surface area contributed by atoms with Gasteiger partial charge in [-0.15, -0.1) is 0 Å². The van der Waals surface area contributed by atoms with Crippen molar-refractivity contribution in [2.75, 3.05) is 39.0 Å². The van der Waals surface area contributed by atoms with E-state index in [-0.39, 0.29) is 42.9 Å². The van der Waals surface area contributed by atoms with E-state index in [2.05, 4.69) is 70.7 Å². The minimum Gasteiger partial charge on any atom is -0.461 e. The molecule has 0 radical (unpaired) electrons. The minimum absolute atomic E-state index is 0.0102. The van der Waals surface area contributed by atoms with Crippen LogP contribution in [0.3, 0.4) is 0 Å². The highest BCUT2D eigenvalue weighted by molar-refractivity contribution is 7.53. The lowest BCUT2D eigenvalue weighted by molar-refractivity contribution is -0.165. The summed E-state index contributed by atoms with van der Waals surface area (Å²) in [5.41, 5.74) is -1.59. The summed E-state index contributed by atoms with van der Waals surface area (Å²) in [6, 6.07) is 18.5. The lowest BCUT2D eigenvalue weighted by Gasteiger charge is -2.44. The molecule has 64 heavy (non-hydrogen) atoms. The average Bonchev–Trinajstić information content (AvgIpc) is 3.08. The maximum absolute atomic E-state index is 15.0. The summed E-state index contributed by atoms with van der Waals surface area (Å²) in [4.78, 5) is 47.9. The van der Waals surface area contributed by atoms with Gasteiger partial charge >= 0.3 is 25.6 Å². The molecule has 0 aliphatic rings. The Balaban J connectivity index is 2.71. The zero-order chi connectivity index (χ0) is 49.0. The van der Waals surface area contributed by atoms with Gasteiger partial charge in [0.2, 0.25) is 0 Å². The molecule has 2 aromatic rings. The number of hydrogen-bond acceptors (Lipinski definition) is 11. The molecule has 13 heteroatoms. The molecular weight excluding hydrogens is 830 g/mol. The third kappa shape index (κ3) is 23.8. The van der Waals surface area contributed by atoms with Crippen molar-refractivity contribution in [1.29, 1.82) is 0 Å². The Morgan fingerprint density at radius 2 is 1.09 bits per heavy atom. The van der Waals surface area contributed by atoms with Crippen LogP contribution in [0, 0.1) is 10.8 Å². The van der Waals surface area contributed by atoms with Crippen LogP contribution in [0.1, 0.15) is 149 Å². The number of amides is 1. The number of ether oxygens (including phenoxy) is 3. The molecular formula is C51H86N3O9P. The lowest BCUT2D eigenvalue weighted by Crippen LogP contribution is -2.53. The molecule has 1 amide bonds. The molecule has 12 nitrogen and oxygen atoms in total. The number of carbonyl (C=O) groups excluding carboxylic acids is 3. The highest BCUT2D eigenvalue weighted by atomic mass is 31.2. The minimum atomic E-state index is -3.87. The van der Waals surface area contributed by atoms with Crippen LogP contribution in [0.15, 0.2) is 60.7 Å². The molecule has 0 aromatic heterocycles. The number of hydrogen-bond donors (Lipinski definition) is 0. The average molecular weight is 916 g/mol. The lowest BCUT2D eigenvalue weighted by atomic mass is 9.81. The summed E-state index contributed by atoms with van der Waals surface area (Å²) in [5.74, 6) is -1.46. The first-order valence-corrected chi connectivity index (χ1v) is 24.7. The van der Waals surface area contributed by atoms with E-state index in [0.717, 1.165) is 24.9 Å². The summed E-state index contributed by atoms with van der Waals surface area (Å²) >= 11 is 0. The van der Waals surface area contributed by atoms with Crippen molar-refractivity contribution in [3.8, 4) is 0 Å². The number of rotatable bonds is 21. The predicted octanol–water partition coefficient (Wildman–Crippen LogP) is 11.5. The van der Waals surface area contributed by atoms with Gasteiger partial charge in [-0.3, -0.25) is 24.1 Å². The van der Waals surface area contributed by atoms with Gasteiger partial charge in [-0.1, -0.05) is 102 Å². The molecule has 0 aliphatic carbocycles. The van der Waals surface area contributed by atoms with Gasteiger partial charge in [-0.2, -0.15) is 0 Å². The quantitative estimate of drug-likeness (QED) is 0.0675. The third-order valence-corrected chi connectivity index (χ3v) is 11.9. The highest BCUT2D eigenvalue weighted by Gasteiger charge is 2.41. The van der Waals surface area contributed by atoms with Crippen molar-refractivity contribution in [2.24, 2.45) is 10.8 Å². The largest absolute Gasteiger partial charge is 0.461 e. The van der Waals surface area contributed by atoms with E-state index in [0.29, 0.717) is 13.1 Å². The van der Waals surface area contributed by atoms with Crippen molar-refractivity contribution in [2.45, 2.75) is 185 Å². The smallest absolute Gasteiger partial charge is 0.411 e. The van der Waals surface area contributed by atoms with Crippen molar-refractivity contribution in [1.82, 2.24) is 14.7 Å². The molecule has 0 N–H and O–H groups in total. The van der Waals surface area contributed by atoms with Crippen LogP contribution in [0.5, 0.6) is 0 Å². The van der Waals surface area contributed by atoms with Crippen molar-refractivity contribution in [3.63, 3.8) is 0 Å². The first-order chi connectivity index (χ1) is 29.0. The molecule has 364 valence electrons. The molecule has 2 aromatic carbocycles. The van der Waals surface area contributed by atoms with E-state index in [4.69, 9.17) is 23.3 Å². The Hall–Kier alpha value is -3.28. The fourth-order valence-electron chi connectivity index (χ4n) is 7.33. The number of aryl methyl sites for hydroxylation is 1. The van der Waals surface area contributed by atoms with Crippen LogP contribution in [-0.2, 0) is 50.4 Å². The monoisotopic (exact) mass is 916 g/mol. The van der Waals surface area contributed by atoms with Gasteiger partial charge < -0.3 is 23.3 Å². The molecule has 0 fully saturated rings. The Labute approximate surface area is 388 Å². The summed E-state index contributed by atoms with van der Waals surface area (Å²) in [6.45, 7) is 36.8. The fourth-order valence-corrected chi connectivity index (χ4v) is 9.93. The number of carbonyl (C=O) groups is 3. The van der Waals surface area contributed by atoms with E-state index in [1.807, 2.05) is 82.8 Å². The van der Waals surface area contributed by atoms with Gasteiger partial charge in [0.15, 0.2) is 0 Å². The summed E-state index contributed by atoms with van der Waals surface area (Å²) in [6.07, 6.45) is 0.446. The molecule has 2 rings (SSSR count). The van der Waals surface area contributed by atoms with Crippen molar-refractivity contribution >= 4 is 25.6 Å². The third-order valence-electron chi connectivity index (χ3n) is 9.51. The second kappa shape index (κ2) is 23.4. The zero-order valence-corrected chi connectivity index (χ0v) is 43.9. The van der Waals surface area contributed by atoms with Gasteiger partial charge in [0.1, 0.15) is 30.1 Å². The number of nitrogens with zero attached hydrogens (tertiary/aromatic N) is 3. The fraction of sp³-hybridized carbons (Fsp3) is 0.706. The first kappa shape index (κ1) is 56.8. The van der Waals surface area contributed by atoms with Crippen LogP contribution in [0.2, 0.25) is 0 Å². The first-order valence-electron chi connectivity index (χ1n) is 23.0. The number of esters is 2. The topological polar surface area (TPSA) is 124 Å². The Morgan fingerprint density at radius 3 is 1.55 bits per heavy atom. The van der Waals surface area contributed by atoms with Crippen molar-refractivity contribution in [3.05, 3.63) is 71.8 Å². The molecule has 0 saturated carbocycles. The molecule has 0 bridgehead atoms. The molecule has 0 aliphatic heterocycles. The van der Waals surface area contributed by atoms with E-state index >= 15 is 4.57 Å². The second-order valence-corrected chi connectivity index (χ2v) is 25.2. The van der Waals surface area contributed by atoms with Crippen LogP contribution in [0.4, 0.5) is 4.79 Å². The Bertz CT molecular complexity index is 1760. The maximum atomic E-state index is 15.0. The highest BCUT2D eigenvalue weighted by Crippen LogP contribution is 2.54. The van der Waals surface area contributed by atoms with Gasteiger partial charge in [-0.05, 0) is 118 Å². The summed E-state index contributed by atoms with van der Waals surface area (Å²) < 4.78 is 45.1. The van der Waals surface area contributed by atoms with Gasteiger partial charge in [0.05, 0.1) is 17.6 Å². The van der Waals surface area contributed by atoms with Crippen LogP contribution < -0.4 is 0 Å². The van der Waals surface area contributed by atoms with Crippen molar-refractivity contribution < 1.29 is 42.2 Å². The second-order valence-electron chi connectivity index (χ2n) is 23.3. The van der Waals surface area contributed by atoms with E-state index in [1.165, 1.54) is 10.5 Å². The Kier molecular flexibility index (Phi) is 20.8. The van der Waals surface area contributed by atoms with E-state index in [1.54, 1.807) is 41.5 Å².